The molecule has 1 aromatic carbocycles. The Morgan fingerprint density at radius 1 is 1.31 bits per heavy atom. The molecule has 0 aliphatic carbocycles. The normalized spacial score (nSPS) is 13.4. The highest BCUT2D eigenvalue weighted by Crippen LogP contribution is 2.39. The van der Waals surface area contributed by atoms with Crippen molar-refractivity contribution in [2.45, 2.75) is 17.6 Å². The average molecular weight is 389 g/mol. The lowest BCUT2D eigenvalue weighted by Crippen LogP contribution is -2.17. The summed E-state index contributed by atoms with van der Waals surface area (Å²) < 4.78 is 12.0. The number of ether oxygens (including phenoxy) is 2. The number of methoxy groups -OCH3 is 1. The van der Waals surface area contributed by atoms with Crippen molar-refractivity contribution in [2.75, 3.05) is 24.8 Å². The maximum absolute atomic E-state index is 12.4. The second-order valence-electron chi connectivity index (χ2n) is 5.60. The lowest BCUT2D eigenvalue weighted by atomic mass is 10.1. The first-order chi connectivity index (χ1) is 12.6. The van der Waals surface area contributed by atoms with Gasteiger partial charge in [0.05, 0.1) is 34.2 Å². The van der Waals surface area contributed by atoms with Crippen LogP contribution in [0.4, 0.5) is 5.69 Å². The van der Waals surface area contributed by atoms with Crippen LogP contribution >= 0.6 is 23.1 Å². The molecule has 5 nitrogen and oxygen atoms in total. The van der Waals surface area contributed by atoms with Crippen molar-refractivity contribution < 1.29 is 19.1 Å². The van der Waals surface area contributed by atoms with Crippen LogP contribution < -0.4 is 14.8 Å². The fraction of sp³-hybridized carbons (Fsp3) is 0.263. The molecule has 1 aromatic heterocycles. The number of rotatable bonds is 7. The molecule has 3 rings (SSSR count). The van der Waals surface area contributed by atoms with Crippen LogP contribution in [0.15, 0.2) is 34.6 Å². The zero-order chi connectivity index (χ0) is 18.5. The summed E-state index contributed by atoms with van der Waals surface area (Å²) in [4.78, 5) is 24.5. The van der Waals surface area contributed by atoms with Crippen LogP contribution in [0.2, 0.25) is 0 Å². The number of ketones is 1. The third-order valence-electron chi connectivity index (χ3n) is 3.63. The molecule has 1 N–H and O–H groups in total. The van der Waals surface area contributed by atoms with Gasteiger partial charge in [-0.25, -0.2) is 0 Å². The number of thiophene rings is 1. The van der Waals surface area contributed by atoms with E-state index in [4.69, 9.17) is 9.47 Å². The monoisotopic (exact) mass is 389 g/mol. The Morgan fingerprint density at radius 3 is 2.92 bits per heavy atom. The average Bonchev–Trinajstić information content (AvgIpc) is 3.07. The number of anilines is 1. The lowest BCUT2D eigenvalue weighted by Gasteiger charge is -2.10. The van der Waals surface area contributed by atoms with Gasteiger partial charge in [0.25, 0.3) is 0 Å². The molecule has 0 fully saturated rings. The summed E-state index contributed by atoms with van der Waals surface area (Å²) in [7, 11) is 1.59. The van der Waals surface area contributed by atoms with E-state index in [2.05, 4.69) is 5.32 Å². The maximum atomic E-state index is 12.4. The van der Waals surface area contributed by atoms with E-state index in [0.29, 0.717) is 28.7 Å². The van der Waals surface area contributed by atoms with Crippen LogP contribution in [-0.2, 0) is 4.79 Å². The number of fused-ring (bicyclic) bond motifs is 1. The van der Waals surface area contributed by atoms with Gasteiger partial charge in [0.2, 0.25) is 5.91 Å². The van der Waals surface area contributed by atoms with Gasteiger partial charge in [0.1, 0.15) is 0 Å². The summed E-state index contributed by atoms with van der Waals surface area (Å²) in [5.41, 5.74) is 1.58. The minimum atomic E-state index is -0.0930. The molecule has 2 heterocycles. The number of carbonyl (C=O) groups is 2. The summed E-state index contributed by atoms with van der Waals surface area (Å²) in [6.45, 7) is 2.67. The number of benzene rings is 1. The van der Waals surface area contributed by atoms with E-state index in [1.165, 1.54) is 29.2 Å². The van der Waals surface area contributed by atoms with Crippen LogP contribution in [0.1, 0.15) is 28.6 Å². The largest absolute Gasteiger partial charge is 0.493 e. The molecule has 0 radical (unpaired) electrons. The smallest absolute Gasteiger partial charge is 0.234 e. The Bertz CT molecular complexity index is 857. The Morgan fingerprint density at radius 2 is 2.15 bits per heavy atom. The van der Waals surface area contributed by atoms with Crippen molar-refractivity contribution in [3.05, 3.63) is 40.8 Å². The lowest BCUT2D eigenvalue weighted by molar-refractivity contribution is -0.113. The van der Waals surface area contributed by atoms with E-state index in [9.17, 15) is 9.59 Å². The standard InChI is InChI=1S/C19H19NO4S2/c1-3-8-24-15-7-5-12(9-16(15)23-2)4-6-14(21)17-10-13-19(26-17)25-11-18(22)20-13/h4-7,9-10H,3,8,11H2,1-2H3,(H,20,22). The van der Waals surface area contributed by atoms with Gasteiger partial charge in [-0.2, -0.15) is 0 Å². The number of hydrogen-bond acceptors (Lipinski definition) is 6. The molecule has 0 saturated carbocycles. The number of nitrogens with one attached hydrogen (secondary N) is 1. The van der Waals surface area contributed by atoms with Gasteiger partial charge in [-0.05, 0) is 36.3 Å². The molecule has 0 bridgehead atoms. The van der Waals surface area contributed by atoms with Crippen LogP contribution in [0, 0.1) is 0 Å². The molecular weight excluding hydrogens is 370 g/mol. The maximum Gasteiger partial charge on any atom is 0.234 e. The predicted molar refractivity (Wildman–Crippen MR) is 106 cm³/mol. The second-order valence-corrected chi connectivity index (χ2v) is 7.90. The van der Waals surface area contributed by atoms with E-state index in [-0.39, 0.29) is 11.7 Å². The fourth-order valence-electron chi connectivity index (χ4n) is 2.38. The highest BCUT2D eigenvalue weighted by Gasteiger charge is 2.20. The molecule has 7 heteroatoms. The second kappa shape index (κ2) is 8.42. The Balaban J connectivity index is 1.73. The highest BCUT2D eigenvalue weighted by molar-refractivity contribution is 8.02. The molecule has 0 atom stereocenters. The predicted octanol–water partition coefficient (Wildman–Crippen LogP) is 4.49. The molecule has 0 saturated heterocycles. The molecule has 0 spiro atoms. The third-order valence-corrected chi connectivity index (χ3v) is 6.06. The molecule has 1 amide bonds. The summed E-state index contributed by atoms with van der Waals surface area (Å²) >= 11 is 2.86. The Kier molecular flexibility index (Phi) is 6.00. The number of hydrogen-bond donors (Lipinski definition) is 1. The molecular formula is C19H19NO4S2. The van der Waals surface area contributed by atoms with Crippen molar-refractivity contribution in [1.82, 2.24) is 0 Å². The molecule has 0 unspecified atom stereocenters. The topological polar surface area (TPSA) is 64.6 Å². The Labute approximate surface area is 160 Å². The van der Waals surface area contributed by atoms with Gasteiger partial charge in [-0.15, -0.1) is 23.1 Å². The van der Waals surface area contributed by atoms with Crippen molar-refractivity contribution in [3.63, 3.8) is 0 Å². The first-order valence-corrected chi connectivity index (χ1v) is 10.0. The number of amides is 1. The van der Waals surface area contributed by atoms with Gasteiger partial charge >= 0.3 is 0 Å². The van der Waals surface area contributed by atoms with E-state index >= 15 is 0 Å². The van der Waals surface area contributed by atoms with Crippen molar-refractivity contribution in [1.29, 1.82) is 0 Å². The molecule has 136 valence electrons. The van der Waals surface area contributed by atoms with E-state index in [1.807, 2.05) is 25.1 Å². The number of thioether (sulfide) groups is 1. The fourth-order valence-corrected chi connectivity index (χ4v) is 4.43. The summed E-state index contributed by atoms with van der Waals surface area (Å²) in [6, 6.07) is 7.30. The molecule has 1 aliphatic rings. The van der Waals surface area contributed by atoms with Crippen molar-refractivity contribution in [2.24, 2.45) is 0 Å². The Hall–Kier alpha value is -2.25. The van der Waals surface area contributed by atoms with Gasteiger partial charge < -0.3 is 14.8 Å². The van der Waals surface area contributed by atoms with Crippen LogP contribution in [-0.4, -0.2) is 31.2 Å². The number of allylic oxidation sites excluding steroid dienone is 1. The van der Waals surface area contributed by atoms with Crippen LogP contribution in [0.25, 0.3) is 6.08 Å². The summed E-state index contributed by atoms with van der Waals surface area (Å²) in [6.07, 6.45) is 4.20. The van der Waals surface area contributed by atoms with Crippen LogP contribution in [0.5, 0.6) is 11.5 Å². The first kappa shape index (κ1) is 18.5. The molecule has 1 aliphatic heterocycles. The molecule has 26 heavy (non-hydrogen) atoms. The van der Waals surface area contributed by atoms with Crippen LogP contribution in [0.3, 0.4) is 0 Å². The first-order valence-electron chi connectivity index (χ1n) is 8.20. The minimum Gasteiger partial charge on any atom is -0.493 e. The van der Waals surface area contributed by atoms with Crippen molar-refractivity contribution >= 4 is 46.6 Å². The summed E-state index contributed by atoms with van der Waals surface area (Å²) in [5.74, 6) is 1.59. The quantitative estimate of drug-likeness (QED) is 0.558. The van der Waals surface area contributed by atoms with Gasteiger partial charge in [-0.1, -0.05) is 19.1 Å². The van der Waals surface area contributed by atoms with E-state index in [0.717, 1.165) is 21.9 Å². The zero-order valence-corrected chi connectivity index (χ0v) is 16.2. The highest BCUT2D eigenvalue weighted by atomic mass is 32.2. The van der Waals surface area contributed by atoms with Crippen molar-refractivity contribution in [3.8, 4) is 11.5 Å². The van der Waals surface area contributed by atoms with E-state index < -0.39 is 0 Å². The zero-order valence-electron chi connectivity index (χ0n) is 14.5. The van der Waals surface area contributed by atoms with Gasteiger partial charge in [0, 0.05) is 0 Å². The van der Waals surface area contributed by atoms with Gasteiger partial charge in [-0.3, -0.25) is 9.59 Å². The minimum absolute atomic E-state index is 0.0349. The molecule has 2 aromatic rings. The summed E-state index contributed by atoms with van der Waals surface area (Å²) in [5, 5.41) is 2.79. The SMILES string of the molecule is CCCOc1ccc(C=CC(=O)c2cc3c(s2)SCC(=O)N3)cc1OC. The van der Waals surface area contributed by atoms with E-state index in [1.54, 1.807) is 19.3 Å². The third kappa shape index (κ3) is 4.28. The number of carbonyl (C=O) groups excluding carboxylic acids is 2. The van der Waals surface area contributed by atoms with Gasteiger partial charge in [0.15, 0.2) is 17.3 Å².